The van der Waals surface area contributed by atoms with Crippen molar-refractivity contribution in [3.8, 4) is 5.75 Å². The van der Waals surface area contributed by atoms with Crippen LogP contribution in [0.3, 0.4) is 0 Å². The predicted molar refractivity (Wildman–Crippen MR) is 75.4 cm³/mol. The van der Waals surface area contributed by atoms with Crippen LogP contribution in [0.15, 0.2) is 28.7 Å². The van der Waals surface area contributed by atoms with Crippen molar-refractivity contribution in [1.82, 2.24) is 0 Å². The molecule has 0 spiro atoms. The molecule has 0 aliphatic rings. The molecule has 0 aliphatic heterocycles. The van der Waals surface area contributed by atoms with Crippen LogP contribution < -0.4 is 0 Å². The van der Waals surface area contributed by atoms with E-state index in [9.17, 15) is 9.90 Å². The van der Waals surface area contributed by atoms with E-state index in [4.69, 9.17) is 9.52 Å². The van der Waals surface area contributed by atoms with Gasteiger partial charge in [0.1, 0.15) is 11.5 Å². The van der Waals surface area contributed by atoms with Crippen LogP contribution in [-0.2, 0) is 6.42 Å². The number of aryl methyl sites for hydroxylation is 1. The minimum Gasteiger partial charge on any atom is -0.508 e. The highest BCUT2D eigenvalue weighted by molar-refractivity contribution is 5.84. The van der Waals surface area contributed by atoms with Crippen LogP contribution in [0.1, 0.15) is 52.8 Å². The summed E-state index contributed by atoms with van der Waals surface area (Å²) in [4.78, 5) is 10.8. The van der Waals surface area contributed by atoms with Crippen LogP contribution >= 0.6 is 0 Å². The number of carbonyl (C=O) groups is 1. The van der Waals surface area contributed by atoms with Gasteiger partial charge in [0, 0.05) is 6.42 Å². The topological polar surface area (TPSA) is 70.7 Å². The fourth-order valence-electron chi connectivity index (χ4n) is 2.19. The molecule has 0 saturated carbocycles. The van der Waals surface area contributed by atoms with Crippen LogP contribution in [0, 0.1) is 6.92 Å². The van der Waals surface area contributed by atoms with E-state index in [1.807, 2.05) is 26.8 Å². The van der Waals surface area contributed by atoms with E-state index in [1.165, 1.54) is 6.07 Å². The number of rotatable bonds is 4. The molecule has 0 fully saturated rings. The van der Waals surface area contributed by atoms with Crippen LogP contribution in [0.5, 0.6) is 5.75 Å². The molecular weight excluding hydrogens is 256 g/mol. The van der Waals surface area contributed by atoms with Gasteiger partial charge in [-0.2, -0.15) is 0 Å². The monoisotopic (exact) mass is 274 g/mol. The second kappa shape index (κ2) is 5.41. The van der Waals surface area contributed by atoms with E-state index >= 15 is 0 Å². The Morgan fingerprint density at radius 3 is 2.55 bits per heavy atom. The van der Waals surface area contributed by atoms with Crippen molar-refractivity contribution < 1.29 is 19.4 Å². The van der Waals surface area contributed by atoms with Crippen molar-refractivity contribution in [2.45, 2.75) is 33.1 Å². The first-order valence-corrected chi connectivity index (χ1v) is 6.53. The molecule has 0 amide bonds. The Kier molecular flexibility index (Phi) is 3.84. The number of aromatic carboxylic acids is 1. The minimum absolute atomic E-state index is 0.0551. The van der Waals surface area contributed by atoms with Gasteiger partial charge in [-0.15, -0.1) is 0 Å². The zero-order valence-electron chi connectivity index (χ0n) is 11.8. The first kappa shape index (κ1) is 14.2. The van der Waals surface area contributed by atoms with Crippen LogP contribution in [0.2, 0.25) is 0 Å². The van der Waals surface area contributed by atoms with E-state index < -0.39 is 5.97 Å². The third kappa shape index (κ3) is 2.85. The Morgan fingerprint density at radius 1 is 1.30 bits per heavy atom. The molecule has 2 rings (SSSR count). The average Bonchev–Trinajstić information content (AvgIpc) is 2.80. The minimum atomic E-state index is -1.07. The highest BCUT2D eigenvalue weighted by atomic mass is 16.4. The highest BCUT2D eigenvalue weighted by Gasteiger charge is 2.13. The van der Waals surface area contributed by atoms with Gasteiger partial charge in [-0.05, 0) is 47.7 Å². The number of phenolic OH excluding ortho intramolecular Hbond substituents is 1. The van der Waals surface area contributed by atoms with Gasteiger partial charge in [0.05, 0.1) is 0 Å². The lowest BCUT2D eigenvalue weighted by molar-refractivity contribution is 0.0660. The molecule has 1 aromatic carbocycles. The maximum atomic E-state index is 10.8. The summed E-state index contributed by atoms with van der Waals surface area (Å²) in [6.45, 7) is 5.95. The molecule has 4 heteroatoms. The van der Waals surface area contributed by atoms with E-state index in [1.54, 1.807) is 12.1 Å². The molecule has 1 heterocycles. The van der Waals surface area contributed by atoms with E-state index in [-0.39, 0.29) is 11.7 Å². The Morgan fingerprint density at radius 2 is 2.00 bits per heavy atom. The summed E-state index contributed by atoms with van der Waals surface area (Å²) in [6, 6.07) is 6.82. The zero-order valence-corrected chi connectivity index (χ0v) is 11.8. The summed E-state index contributed by atoms with van der Waals surface area (Å²) in [6.07, 6.45) is 0.513. The van der Waals surface area contributed by atoms with Gasteiger partial charge in [0.15, 0.2) is 0 Å². The molecule has 2 N–H and O–H groups in total. The Hall–Kier alpha value is -2.23. The predicted octanol–water partition coefficient (Wildman–Crippen LogP) is 3.71. The number of aromatic hydroxyl groups is 1. The Bertz CT molecular complexity index is 638. The molecule has 0 radical (unpaired) electrons. The van der Waals surface area contributed by atoms with Crippen molar-refractivity contribution in [3.05, 3.63) is 52.5 Å². The molecule has 0 atom stereocenters. The smallest absolute Gasteiger partial charge is 0.371 e. The van der Waals surface area contributed by atoms with Crippen molar-refractivity contribution >= 4 is 5.97 Å². The maximum absolute atomic E-state index is 10.8. The van der Waals surface area contributed by atoms with Gasteiger partial charge in [0.2, 0.25) is 5.76 Å². The zero-order chi connectivity index (χ0) is 14.9. The normalized spacial score (nSPS) is 11.0. The summed E-state index contributed by atoms with van der Waals surface area (Å²) in [5.74, 6) is 0.000379. The highest BCUT2D eigenvalue weighted by Crippen LogP contribution is 2.29. The van der Waals surface area contributed by atoms with Crippen LogP contribution in [0.25, 0.3) is 0 Å². The second-order valence-electron chi connectivity index (χ2n) is 5.24. The molecule has 1 aromatic heterocycles. The van der Waals surface area contributed by atoms with E-state index in [0.29, 0.717) is 17.9 Å². The number of hydrogen-bond acceptors (Lipinski definition) is 3. The Balaban J connectivity index is 2.32. The lowest BCUT2D eigenvalue weighted by Gasteiger charge is -2.13. The van der Waals surface area contributed by atoms with Crippen molar-refractivity contribution in [2.75, 3.05) is 0 Å². The standard InChI is InChI=1S/C16H18O4/c1-9(2)13-8-11(10(3)6-14(13)17)7-12-4-5-15(20-12)16(18)19/h4-6,8-9,17H,7H2,1-3H3,(H,18,19). The lowest BCUT2D eigenvalue weighted by Crippen LogP contribution is -1.96. The number of hydrogen-bond donors (Lipinski definition) is 2. The van der Waals surface area contributed by atoms with Gasteiger partial charge in [-0.3, -0.25) is 0 Å². The van der Waals surface area contributed by atoms with Gasteiger partial charge in [0.25, 0.3) is 0 Å². The molecule has 0 saturated heterocycles. The third-order valence-electron chi connectivity index (χ3n) is 3.34. The SMILES string of the molecule is Cc1cc(O)c(C(C)C)cc1Cc1ccc(C(=O)O)o1. The number of phenols is 1. The summed E-state index contributed by atoms with van der Waals surface area (Å²) in [7, 11) is 0. The molecule has 4 nitrogen and oxygen atoms in total. The molecule has 0 aliphatic carbocycles. The third-order valence-corrected chi connectivity index (χ3v) is 3.34. The summed E-state index contributed by atoms with van der Waals surface area (Å²) in [5, 5.41) is 18.8. The Labute approximate surface area is 117 Å². The molecular formula is C16H18O4. The van der Waals surface area contributed by atoms with E-state index in [2.05, 4.69) is 0 Å². The maximum Gasteiger partial charge on any atom is 0.371 e. The van der Waals surface area contributed by atoms with Gasteiger partial charge >= 0.3 is 5.97 Å². The number of carboxylic acid groups (broad SMARTS) is 1. The van der Waals surface area contributed by atoms with Crippen LogP contribution in [0.4, 0.5) is 0 Å². The molecule has 0 unspecified atom stereocenters. The molecule has 20 heavy (non-hydrogen) atoms. The first-order valence-electron chi connectivity index (χ1n) is 6.53. The van der Waals surface area contributed by atoms with Gasteiger partial charge < -0.3 is 14.6 Å². The first-order chi connectivity index (χ1) is 9.38. The van der Waals surface area contributed by atoms with Crippen molar-refractivity contribution in [1.29, 1.82) is 0 Å². The quantitative estimate of drug-likeness (QED) is 0.891. The second-order valence-corrected chi connectivity index (χ2v) is 5.24. The summed E-state index contributed by atoms with van der Waals surface area (Å²) in [5.41, 5.74) is 2.87. The fourth-order valence-corrected chi connectivity index (χ4v) is 2.19. The molecule has 0 bridgehead atoms. The number of carboxylic acids is 1. The van der Waals surface area contributed by atoms with Crippen LogP contribution in [-0.4, -0.2) is 16.2 Å². The van der Waals surface area contributed by atoms with Gasteiger partial charge in [-0.25, -0.2) is 4.79 Å². The van der Waals surface area contributed by atoms with Crippen molar-refractivity contribution in [2.24, 2.45) is 0 Å². The largest absolute Gasteiger partial charge is 0.508 e. The summed E-state index contributed by atoms with van der Waals surface area (Å²) >= 11 is 0. The summed E-state index contributed by atoms with van der Waals surface area (Å²) < 4.78 is 5.27. The van der Waals surface area contributed by atoms with Gasteiger partial charge in [-0.1, -0.05) is 19.9 Å². The fraction of sp³-hybridized carbons (Fsp3) is 0.312. The molecule has 2 aromatic rings. The molecule has 106 valence electrons. The number of benzene rings is 1. The van der Waals surface area contributed by atoms with Crippen molar-refractivity contribution in [3.63, 3.8) is 0 Å². The average molecular weight is 274 g/mol. The number of furan rings is 1. The van der Waals surface area contributed by atoms with E-state index in [0.717, 1.165) is 16.7 Å². The lowest BCUT2D eigenvalue weighted by atomic mass is 9.95.